The van der Waals surface area contributed by atoms with E-state index in [0.717, 1.165) is 17.7 Å². The highest BCUT2D eigenvalue weighted by molar-refractivity contribution is 7.14. The molecule has 5 nitrogen and oxygen atoms in total. The van der Waals surface area contributed by atoms with E-state index in [-0.39, 0.29) is 11.4 Å². The molecule has 146 valence electrons. The number of thiazole rings is 1. The van der Waals surface area contributed by atoms with Crippen LogP contribution in [0.1, 0.15) is 23.0 Å². The van der Waals surface area contributed by atoms with Gasteiger partial charge in [0.15, 0.2) is 11.8 Å². The van der Waals surface area contributed by atoms with Gasteiger partial charge in [-0.3, -0.25) is 4.79 Å². The van der Waals surface area contributed by atoms with E-state index in [2.05, 4.69) is 10.3 Å². The minimum Gasteiger partial charge on any atom is -0.448 e. The van der Waals surface area contributed by atoms with Crippen LogP contribution in [-0.4, -0.2) is 23.0 Å². The van der Waals surface area contributed by atoms with Crippen molar-refractivity contribution in [2.75, 3.05) is 5.32 Å². The second-order valence-corrected chi connectivity index (χ2v) is 7.30. The molecule has 1 amide bonds. The molecule has 3 rings (SSSR count). The Labute approximate surface area is 165 Å². The Morgan fingerprint density at radius 1 is 1.21 bits per heavy atom. The number of aromatic nitrogens is 1. The average Bonchev–Trinajstić information content (AvgIpc) is 3.32. The van der Waals surface area contributed by atoms with Crippen LogP contribution in [0.3, 0.4) is 0 Å². The van der Waals surface area contributed by atoms with Crippen molar-refractivity contribution in [3.05, 3.63) is 57.7 Å². The molecule has 2 heterocycles. The molecule has 28 heavy (non-hydrogen) atoms. The molecule has 10 heteroatoms. The van der Waals surface area contributed by atoms with E-state index >= 15 is 0 Å². The van der Waals surface area contributed by atoms with Gasteiger partial charge in [0.05, 0.1) is 5.56 Å². The molecular weight excluding hydrogens is 413 g/mol. The molecule has 0 aliphatic carbocycles. The number of hydrogen-bond donors (Lipinski definition) is 1. The summed E-state index contributed by atoms with van der Waals surface area (Å²) in [7, 11) is 0. The SMILES string of the molecule is CC(OC(=O)c1csc(-c2ccsc2)n1)C(=O)Nc1cccc(C(F)(F)F)c1. The zero-order valence-electron chi connectivity index (χ0n) is 14.3. The Balaban J connectivity index is 1.62. The van der Waals surface area contributed by atoms with Crippen LogP contribution in [0.5, 0.6) is 0 Å². The van der Waals surface area contributed by atoms with E-state index in [0.29, 0.717) is 5.01 Å². The maximum absolute atomic E-state index is 12.7. The number of amides is 1. The van der Waals surface area contributed by atoms with Gasteiger partial charge >= 0.3 is 12.1 Å². The quantitative estimate of drug-likeness (QED) is 0.578. The van der Waals surface area contributed by atoms with Crippen LogP contribution in [0.15, 0.2) is 46.5 Å². The number of thiophene rings is 1. The Hall–Kier alpha value is -2.72. The average molecular weight is 426 g/mol. The van der Waals surface area contributed by atoms with Gasteiger partial charge in [-0.25, -0.2) is 9.78 Å². The Bertz CT molecular complexity index is 984. The largest absolute Gasteiger partial charge is 0.448 e. The van der Waals surface area contributed by atoms with Crippen molar-refractivity contribution in [3.63, 3.8) is 0 Å². The monoisotopic (exact) mass is 426 g/mol. The minimum atomic E-state index is -4.52. The second-order valence-electron chi connectivity index (χ2n) is 5.67. The maximum atomic E-state index is 12.7. The summed E-state index contributed by atoms with van der Waals surface area (Å²) in [5, 5.41) is 8.25. The van der Waals surface area contributed by atoms with Gasteiger partial charge in [0, 0.05) is 22.0 Å². The van der Waals surface area contributed by atoms with Crippen LogP contribution in [0.25, 0.3) is 10.6 Å². The number of rotatable bonds is 5. The summed E-state index contributed by atoms with van der Waals surface area (Å²) >= 11 is 2.76. The van der Waals surface area contributed by atoms with Crippen LogP contribution in [0.4, 0.5) is 18.9 Å². The summed E-state index contributed by atoms with van der Waals surface area (Å²) in [4.78, 5) is 28.5. The molecule has 1 aromatic carbocycles. The second kappa shape index (κ2) is 8.11. The van der Waals surface area contributed by atoms with Crippen LogP contribution in [-0.2, 0) is 15.7 Å². The fourth-order valence-electron chi connectivity index (χ4n) is 2.18. The van der Waals surface area contributed by atoms with Gasteiger partial charge in [-0.1, -0.05) is 6.07 Å². The standard InChI is InChI=1S/C18H13F3N2O3S2/c1-10(15(24)22-13-4-2-3-12(7-13)18(19,20)21)26-17(25)14-9-28-16(23-14)11-5-6-27-8-11/h2-10H,1H3,(H,22,24). The van der Waals surface area contributed by atoms with Gasteiger partial charge in [0.1, 0.15) is 5.01 Å². The molecule has 0 bridgehead atoms. The number of benzene rings is 1. The summed E-state index contributed by atoms with van der Waals surface area (Å²) in [6.45, 7) is 1.33. The van der Waals surface area contributed by atoms with Crippen molar-refractivity contribution in [1.29, 1.82) is 0 Å². The molecule has 3 aromatic rings. The summed E-state index contributed by atoms with van der Waals surface area (Å²) in [5.74, 6) is -1.54. The van der Waals surface area contributed by atoms with Crippen molar-refractivity contribution < 1.29 is 27.5 Å². The molecule has 1 atom stereocenters. The van der Waals surface area contributed by atoms with E-state index in [9.17, 15) is 22.8 Å². The van der Waals surface area contributed by atoms with Crippen molar-refractivity contribution in [2.45, 2.75) is 19.2 Å². The molecule has 0 saturated heterocycles. The molecule has 0 spiro atoms. The Morgan fingerprint density at radius 2 is 2.00 bits per heavy atom. The molecular formula is C18H13F3N2O3S2. The summed E-state index contributed by atoms with van der Waals surface area (Å²) < 4.78 is 43.3. The third kappa shape index (κ3) is 4.76. The van der Waals surface area contributed by atoms with Gasteiger partial charge in [-0.15, -0.1) is 11.3 Å². The number of hydrogen-bond acceptors (Lipinski definition) is 6. The van der Waals surface area contributed by atoms with E-state index in [1.165, 1.54) is 47.1 Å². The topological polar surface area (TPSA) is 68.3 Å². The van der Waals surface area contributed by atoms with Gasteiger partial charge in [-0.05, 0) is 36.6 Å². The first-order chi connectivity index (χ1) is 13.2. The van der Waals surface area contributed by atoms with E-state index in [1.54, 1.807) is 0 Å². The van der Waals surface area contributed by atoms with Crippen LogP contribution >= 0.6 is 22.7 Å². The molecule has 0 fully saturated rings. The zero-order chi connectivity index (χ0) is 20.3. The van der Waals surface area contributed by atoms with Gasteiger partial charge < -0.3 is 10.1 Å². The van der Waals surface area contributed by atoms with Crippen molar-refractivity contribution >= 4 is 40.2 Å². The molecule has 2 aromatic heterocycles. The predicted molar refractivity (Wildman–Crippen MR) is 100 cm³/mol. The lowest BCUT2D eigenvalue weighted by atomic mass is 10.2. The predicted octanol–water partition coefficient (Wildman–Crippen LogP) is 5.07. The van der Waals surface area contributed by atoms with Gasteiger partial charge in [0.25, 0.3) is 5.91 Å². The molecule has 0 aliphatic heterocycles. The first kappa shape index (κ1) is 20.0. The van der Waals surface area contributed by atoms with E-state index in [1.807, 2.05) is 16.8 Å². The molecule has 1 unspecified atom stereocenters. The molecule has 1 N–H and O–H groups in total. The number of anilines is 1. The molecule has 0 saturated carbocycles. The maximum Gasteiger partial charge on any atom is 0.416 e. The lowest BCUT2D eigenvalue weighted by Crippen LogP contribution is -2.30. The highest BCUT2D eigenvalue weighted by atomic mass is 32.1. The zero-order valence-corrected chi connectivity index (χ0v) is 16.0. The first-order valence-corrected chi connectivity index (χ1v) is 9.73. The van der Waals surface area contributed by atoms with Gasteiger partial charge in [0.2, 0.25) is 0 Å². The minimum absolute atomic E-state index is 0.0453. The van der Waals surface area contributed by atoms with Crippen molar-refractivity contribution in [3.8, 4) is 10.6 Å². The number of carbonyl (C=O) groups is 2. The number of nitrogens with one attached hydrogen (secondary N) is 1. The summed E-state index contributed by atoms with van der Waals surface area (Å²) in [5.41, 5.74) is 0.00353. The number of alkyl halides is 3. The summed E-state index contributed by atoms with van der Waals surface area (Å²) in [6.07, 6.45) is -5.74. The third-order valence-corrected chi connectivity index (χ3v) is 5.17. The third-order valence-electron chi connectivity index (χ3n) is 3.59. The summed E-state index contributed by atoms with van der Waals surface area (Å²) in [6, 6.07) is 6.06. The fourth-order valence-corrected chi connectivity index (χ4v) is 3.68. The molecule has 0 radical (unpaired) electrons. The number of halogens is 3. The molecule has 0 aliphatic rings. The lowest BCUT2D eigenvalue weighted by Gasteiger charge is -2.14. The van der Waals surface area contributed by atoms with E-state index in [4.69, 9.17) is 4.74 Å². The highest BCUT2D eigenvalue weighted by Crippen LogP contribution is 2.30. The number of nitrogens with zero attached hydrogens (tertiary/aromatic N) is 1. The number of carbonyl (C=O) groups excluding carboxylic acids is 2. The number of ether oxygens (including phenoxy) is 1. The van der Waals surface area contributed by atoms with Crippen LogP contribution in [0.2, 0.25) is 0 Å². The van der Waals surface area contributed by atoms with Crippen molar-refractivity contribution in [2.24, 2.45) is 0 Å². The van der Waals surface area contributed by atoms with Gasteiger partial charge in [-0.2, -0.15) is 24.5 Å². The Morgan fingerprint density at radius 3 is 2.68 bits per heavy atom. The van der Waals surface area contributed by atoms with Crippen molar-refractivity contribution in [1.82, 2.24) is 4.98 Å². The van der Waals surface area contributed by atoms with Crippen LogP contribution in [0, 0.1) is 0 Å². The smallest absolute Gasteiger partial charge is 0.416 e. The number of esters is 1. The lowest BCUT2D eigenvalue weighted by molar-refractivity contribution is -0.137. The van der Waals surface area contributed by atoms with E-state index < -0.39 is 29.7 Å². The normalized spacial score (nSPS) is 12.4. The van der Waals surface area contributed by atoms with Crippen LogP contribution < -0.4 is 5.32 Å². The first-order valence-electron chi connectivity index (χ1n) is 7.91. The fraction of sp³-hybridized carbons (Fsp3) is 0.167. The highest BCUT2D eigenvalue weighted by Gasteiger charge is 2.30. The Kier molecular flexibility index (Phi) is 5.80.